The number of aromatic nitrogens is 2. The maximum atomic E-state index is 16.2. The third-order valence-corrected chi connectivity index (χ3v) is 17.5. The van der Waals surface area contributed by atoms with Gasteiger partial charge in [0.15, 0.2) is 16.6 Å². The van der Waals surface area contributed by atoms with Crippen LogP contribution >= 0.6 is 0 Å². The Kier molecular flexibility index (Phi) is 9.66. The van der Waals surface area contributed by atoms with Crippen LogP contribution in [0.2, 0.25) is 36.3 Å². The second-order valence-electron chi connectivity index (χ2n) is 12.8. The molecule has 2 heterocycles. The molecule has 0 saturated carbocycles. The van der Waals surface area contributed by atoms with Gasteiger partial charge >= 0.3 is 11.6 Å². The normalized spacial score (nSPS) is 23.0. The molecule has 1 aromatic heterocycles. The van der Waals surface area contributed by atoms with E-state index in [1.807, 2.05) is 13.1 Å². The van der Waals surface area contributed by atoms with Crippen LogP contribution in [0.5, 0.6) is 0 Å². The van der Waals surface area contributed by atoms with Crippen LogP contribution in [0.15, 0.2) is 15.8 Å². The van der Waals surface area contributed by atoms with Crippen LogP contribution in [-0.2, 0) is 13.6 Å². The first-order valence-electron chi connectivity index (χ1n) is 13.4. The average Bonchev–Trinajstić information content (AvgIpc) is 2.98. The van der Waals surface area contributed by atoms with E-state index in [9.17, 15) is 9.59 Å². The Morgan fingerprint density at radius 3 is 2.05 bits per heavy atom. The number of alkyl halides is 2. The molecule has 1 N–H and O–H groups in total. The average molecular weight is 563 g/mol. The van der Waals surface area contributed by atoms with Crippen LogP contribution in [0.1, 0.15) is 79.0 Å². The molecule has 0 amide bonds. The lowest BCUT2D eigenvalue weighted by Gasteiger charge is -2.43. The van der Waals surface area contributed by atoms with E-state index < -0.39 is 52.2 Å². The minimum absolute atomic E-state index is 0.0567. The quantitative estimate of drug-likeness (QED) is 0.300. The molecular weight excluding hydrogens is 514 g/mol. The van der Waals surface area contributed by atoms with E-state index in [0.717, 1.165) is 36.4 Å². The smallest absolute Gasteiger partial charge is 0.330 e. The minimum atomic E-state index is -3.53. The highest BCUT2D eigenvalue weighted by atomic mass is 28.4. The van der Waals surface area contributed by atoms with Crippen LogP contribution in [-0.4, -0.2) is 50.9 Å². The lowest BCUT2D eigenvalue weighted by molar-refractivity contribution is -0.138. The van der Waals surface area contributed by atoms with Gasteiger partial charge in [-0.05, 0) is 56.0 Å². The summed E-state index contributed by atoms with van der Waals surface area (Å²) in [6.45, 7) is 22.2. The summed E-state index contributed by atoms with van der Waals surface area (Å²) >= 11 is 0. The molecule has 37 heavy (non-hydrogen) atoms. The molecule has 1 aromatic rings. The summed E-state index contributed by atoms with van der Waals surface area (Å²) in [6.07, 6.45) is 0.278. The van der Waals surface area contributed by atoms with Gasteiger partial charge in [0, 0.05) is 11.8 Å². The van der Waals surface area contributed by atoms with Gasteiger partial charge in [0.25, 0.3) is 5.56 Å². The maximum Gasteiger partial charge on any atom is 0.330 e. The van der Waals surface area contributed by atoms with E-state index in [1.54, 1.807) is 0 Å². The summed E-state index contributed by atoms with van der Waals surface area (Å²) in [7, 11) is -5.00. The zero-order valence-electron chi connectivity index (χ0n) is 24.6. The summed E-state index contributed by atoms with van der Waals surface area (Å²) in [5, 5.41) is -0.327. The number of aryl methyl sites for hydroxylation is 1. The SMILES string of the molecule is CCCC(C)(C)[Si](C)(C)OC[C@H]1O[C@@H](n2cc(C)c(=O)[nH]c2=O)C(F)(F)[C@@H]1O[Si](C)(C)C(C)(C)CCC. The Balaban J connectivity index is 2.51. The van der Waals surface area contributed by atoms with Crippen molar-refractivity contribution in [2.75, 3.05) is 6.61 Å². The van der Waals surface area contributed by atoms with Gasteiger partial charge in [-0.3, -0.25) is 14.3 Å². The van der Waals surface area contributed by atoms with Gasteiger partial charge in [-0.25, -0.2) is 4.79 Å². The Labute approximate surface area is 222 Å². The predicted molar refractivity (Wildman–Crippen MR) is 149 cm³/mol. The van der Waals surface area contributed by atoms with Crippen molar-refractivity contribution in [3.05, 3.63) is 32.6 Å². The monoisotopic (exact) mass is 562 g/mol. The van der Waals surface area contributed by atoms with Crippen molar-refractivity contribution in [1.29, 1.82) is 0 Å². The first-order chi connectivity index (χ1) is 16.7. The van der Waals surface area contributed by atoms with Gasteiger partial charge in [-0.15, -0.1) is 0 Å². The highest BCUT2D eigenvalue weighted by molar-refractivity contribution is 6.74. The molecule has 3 atom stereocenters. The second-order valence-corrected chi connectivity index (χ2v) is 22.1. The second kappa shape index (κ2) is 11.2. The number of halogens is 2. The van der Waals surface area contributed by atoms with Crippen LogP contribution < -0.4 is 11.2 Å². The summed E-state index contributed by atoms with van der Waals surface area (Å²) in [4.78, 5) is 26.6. The van der Waals surface area contributed by atoms with Gasteiger partial charge in [-0.1, -0.05) is 54.4 Å². The summed E-state index contributed by atoms with van der Waals surface area (Å²) in [5.41, 5.74) is -1.41. The summed E-state index contributed by atoms with van der Waals surface area (Å²) in [5.74, 6) is -3.53. The van der Waals surface area contributed by atoms with Gasteiger partial charge in [-0.2, -0.15) is 8.78 Å². The number of rotatable bonds is 12. The molecule has 1 saturated heterocycles. The summed E-state index contributed by atoms with van der Waals surface area (Å²) < 4.78 is 51.9. The molecule has 1 aliphatic heterocycles. The highest BCUT2D eigenvalue weighted by Crippen LogP contribution is 2.50. The van der Waals surface area contributed by atoms with Gasteiger partial charge in [0.1, 0.15) is 12.2 Å². The zero-order valence-corrected chi connectivity index (χ0v) is 26.6. The number of ether oxygens (including phenoxy) is 1. The van der Waals surface area contributed by atoms with Crippen molar-refractivity contribution in [2.24, 2.45) is 0 Å². The van der Waals surface area contributed by atoms with Crippen molar-refractivity contribution >= 4 is 16.6 Å². The van der Waals surface area contributed by atoms with Crippen LogP contribution in [0, 0.1) is 6.92 Å². The topological polar surface area (TPSA) is 82.5 Å². The molecule has 1 aliphatic rings. The number of aromatic amines is 1. The van der Waals surface area contributed by atoms with Gasteiger partial charge < -0.3 is 13.6 Å². The highest BCUT2D eigenvalue weighted by Gasteiger charge is 2.63. The molecule has 214 valence electrons. The Morgan fingerprint density at radius 1 is 1.03 bits per heavy atom. The molecule has 0 spiro atoms. The fraction of sp³-hybridized carbons (Fsp3) is 0.846. The van der Waals surface area contributed by atoms with Crippen molar-refractivity contribution in [1.82, 2.24) is 9.55 Å². The van der Waals surface area contributed by atoms with Crippen LogP contribution in [0.25, 0.3) is 0 Å². The van der Waals surface area contributed by atoms with Crippen LogP contribution in [0.4, 0.5) is 8.78 Å². The fourth-order valence-electron chi connectivity index (χ4n) is 4.82. The third kappa shape index (κ3) is 6.54. The van der Waals surface area contributed by atoms with E-state index >= 15 is 8.78 Å². The molecule has 1 fully saturated rings. The van der Waals surface area contributed by atoms with E-state index in [1.165, 1.54) is 6.92 Å². The molecular formula is C26H48F2N2O5Si2. The van der Waals surface area contributed by atoms with Gasteiger partial charge in [0.2, 0.25) is 6.23 Å². The molecule has 7 nitrogen and oxygen atoms in total. The number of H-pyrrole nitrogens is 1. The Bertz CT molecular complexity index is 1050. The molecule has 0 bridgehead atoms. The first-order valence-corrected chi connectivity index (χ1v) is 19.2. The van der Waals surface area contributed by atoms with E-state index in [-0.39, 0.29) is 22.2 Å². The number of nitrogens with one attached hydrogen (secondary N) is 1. The molecule has 0 unspecified atom stereocenters. The minimum Gasteiger partial charge on any atom is -0.414 e. The van der Waals surface area contributed by atoms with Crippen molar-refractivity contribution < 1.29 is 22.4 Å². The molecule has 0 aromatic carbocycles. The van der Waals surface area contributed by atoms with E-state index in [2.05, 4.69) is 59.6 Å². The Morgan fingerprint density at radius 2 is 1.54 bits per heavy atom. The Hall–Kier alpha value is -1.15. The number of nitrogens with zero attached hydrogens (tertiary/aromatic N) is 1. The third-order valence-electron chi connectivity index (χ3n) is 8.79. The van der Waals surface area contributed by atoms with Crippen LogP contribution in [0.3, 0.4) is 0 Å². The lowest BCUT2D eigenvalue weighted by atomic mass is 10.1. The van der Waals surface area contributed by atoms with E-state index in [0.29, 0.717) is 0 Å². The van der Waals surface area contributed by atoms with Gasteiger partial charge in [0.05, 0.1) is 6.61 Å². The zero-order chi connectivity index (χ0) is 28.6. The standard InChI is InChI=1S/C26H48F2N2O5Si2/c1-12-14-24(4,5)36(8,9)33-17-19-20(35-37(10,11)25(6,7)15-13-2)26(27,28)22(34-19)30-16-18(3)21(31)29-23(30)32/h16,19-20,22H,12-15,17H2,1-11H3,(H,29,31,32)/t19-,20-,22-/m1/s1. The largest absolute Gasteiger partial charge is 0.414 e. The van der Waals surface area contributed by atoms with E-state index in [4.69, 9.17) is 13.6 Å². The molecule has 0 radical (unpaired) electrons. The van der Waals surface area contributed by atoms with Crippen molar-refractivity contribution in [3.63, 3.8) is 0 Å². The molecule has 11 heteroatoms. The van der Waals surface area contributed by atoms with Crippen molar-refractivity contribution in [3.8, 4) is 0 Å². The fourth-order valence-corrected chi connectivity index (χ4v) is 8.76. The van der Waals surface area contributed by atoms with Crippen molar-refractivity contribution in [2.45, 2.75) is 135 Å². The number of hydrogen-bond acceptors (Lipinski definition) is 5. The molecule has 2 rings (SSSR count). The predicted octanol–water partition coefficient (Wildman–Crippen LogP) is 6.35. The first kappa shape index (κ1) is 32.1. The maximum absolute atomic E-state index is 16.2. The lowest BCUT2D eigenvalue weighted by Crippen LogP contribution is -2.54. The molecule has 0 aliphatic carbocycles. The number of hydrogen-bond donors (Lipinski definition) is 1. The summed E-state index contributed by atoms with van der Waals surface area (Å²) in [6, 6.07) is 0.